The molecule has 2 aromatic rings. The van der Waals surface area contributed by atoms with E-state index in [1.54, 1.807) is 11.5 Å². The number of hydrogen-bond donors (Lipinski definition) is 0. The third-order valence-electron chi connectivity index (χ3n) is 1.61. The van der Waals surface area contributed by atoms with Gasteiger partial charge in [-0.15, -0.1) is 3.96 Å². The molecule has 0 aliphatic heterocycles. The van der Waals surface area contributed by atoms with Gasteiger partial charge < -0.3 is 24.0 Å². The Morgan fingerprint density at radius 2 is 2.00 bits per heavy atom. The van der Waals surface area contributed by atoms with Crippen molar-refractivity contribution in [3.05, 3.63) is 29.6 Å². The van der Waals surface area contributed by atoms with Gasteiger partial charge in [0.05, 0.1) is 10.8 Å². The molecular formula is C8H8INS. The van der Waals surface area contributed by atoms with Crippen molar-refractivity contribution >= 4 is 22.4 Å². The van der Waals surface area contributed by atoms with E-state index in [1.807, 2.05) is 0 Å². The van der Waals surface area contributed by atoms with Crippen molar-refractivity contribution in [2.24, 2.45) is 7.05 Å². The second-order valence-electron chi connectivity index (χ2n) is 2.28. The number of hydrogen-bond acceptors (Lipinski definition) is 1. The first-order valence-corrected chi connectivity index (χ1v) is 4.04. The average molecular weight is 277 g/mol. The molecule has 2 rings (SSSR count). The minimum Gasteiger partial charge on any atom is -1.00 e. The zero-order chi connectivity index (χ0) is 6.97. The van der Waals surface area contributed by atoms with Crippen LogP contribution in [0.1, 0.15) is 0 Å². The lowest BCUT2D eigenvalue weighted by molar-refractivity contribution is -0.573. The van der Waals surface area contributed by atoms with Crippen molar-refractivity contribution < 1.29 is 27.9 Å². The number of para-hydroxylation sites is 1. The van der Waals surface area contributed by atoms with Gasteiger partial charge in [0, 0.05) is 6.07 Å². The van der Waals surface area contributed by atoms with Gasteiger partial charge in [0.1, 0.15) is 11.5 Å². The first kappa shape index (κ1) is 8.93. The number of aryl methyl sites for hydroxylation is 1. The molecule has 0 aliphatic carbocycles. The summed E-state index contributed by atoms with van der Waals surface area (Å²) in [6.07, 6.45) is 0. The van der Waals surface area contributed by atoms with Gasteiger partial charge >= 0.3 is 0 Å². The smallest absolute Gasteiger partial charge is 0.226 e. The molecule has 0 fully saturated rings. The molecule has 1 nitrogen and oxygen atoms in total. The lowest BCUT2D eigenvalue weighted by atomic mass is 10.3. The third kappa shape index (κ3) is 1.54. The standard InChI is InChI=1S/C8H8NS.HI/c1-9-8-5-3-2-4-7(8)6-10-9;/h2-6H,1H3;1H/q+1;/p-1. The van der Waals surface area contributed by atoms with Gasteiger partial charge in [-0.25, -0.2) is 0 Å². The maximum Gasteiger partial charge on any atom is 0.226 e. The summed E-state index contributed by atoms with van der Waals surface area (Å²) < 4.78 is 2.16. The van der Waals surface area contributed by atoms with E-state index >= 15 is 0 Å². The molecule has 0 unspecified atom stereocenters. The molecule has 0 bridgehead atoms. The Bertz CT molecular complexity index is 356. The van der Waals surface area contributed by atoms with Crippen LogP contribution in [0.2, 0.25) is 0 Å². The lowest BCUT2D eigenvalue weighted by Gasteiger charge is -1.80. The first-order chi connectivity index (χ1) is 4.88. The summed E-state index contributed by atoms with van der Waals surface area (Å²) in [6.45, 7) is 0. The fourth-order valence-corrected chi connectivity index (χ4v) is 1.82. The van der Waals surface area contributed by atoms with Gasteiger partial charge in [-0.3, -0.25) is 0 Å². The van der Waals surface area contributed by atoms with Crippen molar-refractivity contribution in [1.82, 2.24) is 0 Å². The van der Waals surface area contributed by atoms with E-state index in [2.05, 4.69) is 40.6 Å². The second-order valence-corrected chi connectivity index (χ2v) is 3.27. The van der Waals surface area contributed by atoms with Crippen molar-refractivity contribution in [1.29, 1.82) is 0 Å². The molecule has 0 N–H and O–H groups in total. The van der Waals surface area contributed by atoms with Crippen LogP contribution in [0.5, 0.6) is 0 Å². The van der Waals surface area contributed by atoms with Crippen molar-refractivity contribution in [3.8, 4) is 0 Å². The van der Waals surface area contributed by atoms with Crippen LogP contribution in [-0.4, -0.2) is 0 Å². The van der Waals surface area contributed by atoms with Gasteiger partial charge in [0.15, 0.2) is 7.05 Å². The molecule has 0 saturated heterocycles. The van der Waals surface area contributed by atoms with E-state index in [0.29, 0.717) is 0 Å². The monoisotopic (exact) mass is 277 g/mol. The Hall–Kier alpha value is -0.160. The molecule has 0 amide bonds. The van der Waals surface area contributed by atoms with E-state index in [4.69, 9.17) is 0 Å². The molecule has 1 aromatic heterocycles. The van der Waals surface area contributed by atoms with Crippen LogP contribution in [0.3, 0.4) is 0 Å². The third-order valence-corrected chi connectivity index (χ3v) is 2.49. The van der Waals surface area contributed by atoms with Gasteiger partial charge in [0.2, 0.25) is 5.52 Å². The Balaban J connectivity index is 0.000000605. The van der Waals surface area contributed by atoms with E-state index in [9.17, 15) is 0 Å². The van der Waals surface area contributed by atoms with Crippen LogP contribution >= 0.6 is 11.5 Å². The zero-order valence-electron chi connectivity index (χ0n) is 6.12. The molecule has 0 spiro atoms. The van der Waals surface area contributed by atoms with Crippen LogP contribution in [-0.2, 0) is 7.05 Å². The lowest BCUT2D eigenvalue weighted by Crippen LogP contribution is -3.00. The fourth-order valence-electron chi connectivity index (χ4n) is 1.07. The van der Waals surface area contributed by atoms with E-state index in [-0.39, 0.29) is 24.0 Å². The SMILES string of the molecule is C[n+]1scc2ccccc21.[I-]. The molecule has 3 heteroatoms. The number of rotatable bonds is 0. The molecular weight excluding hydrogens is 269 g/mol. The average Bonchev–Trinajstić information content (AvgIpc) is 2.34. The number of benzene rings is 1. The van der Waals surface area contributed by atoms with Crippen molar-refractivity contribution in [3.63, 3.8) is 0 Å². The first-order valence-electron chi connectivity index (χ1n) is 3.21. The number of aromatic nitrogens is 1. The largest absolute Gasteiger partial charge is 1.00 e. The minimum absolute atomic E-state index is 0. The Morgan fingerprint density at radius 3 is 2.73 bits per heavy atom. The van der Waals surface area contributed by atoms with Gasteiger partial charge in [0.25, 0.3) is 0 Å². The highest BCUT2D eigenvalue weighted by Gasteiger charge is 2.03. The maximum atomic E-state index is 2.16. The Kier molecular flexibility index (Phi) is 2.84. The minimum atomic E-state index is 0. The summed E-state index contributed by atoms with van der Waals surface area (Å²) in [4.78, 5) is 0. The zero-order valence-corrected chi connectivity index (χ0v) is 9.09. The molecule has 1 heterocycles. The Morgan fingerprint density at radius 1 is 1.27 bits per heavy atom. The number of fused-ring (bicyclic) bond motifs is 1. The molecule has 1 aromatic carbocycles. The van der Waals surface area contributed by atoms with E-state index in [1.165, 1.54) is 10.9 Å². The maximum absolute atomic E-state index is 2.16. The summed E-state index contributed by atoms with van der Waals surface area (Å²) >= 11 is 1.73. The topological polar surface area (TPSA) is 3.88 Å². The molecule has 0 saturated carbocycles. The van der Waals surface area contributed by atoms with Crippen LogP contribution in [0.4, 0.5) is 0 Å². The predicted octanol–water partition coefficient (Wildman–Crippen LogP) is -1.27. The quantitative estimate of drug-likeness (QED) is 0.418. The van der Waals surface area contributed by atoms with Crippen LogP contribution in [0.25, 0.3) is 10.9 Å². The van der Waals surface area contributed by atoms with Gasteiger partial charge in [-0.2, -0.15) is 0 Å². The molecule has 11 heavy (non-hydrogen) atoms. The Labute approximate surface area is 86.8 Å². The summed E-state index contributed by atoms with van der Waals surface area (Å²) in [5, 5.41) is 3.49. The highest BCUT2D eigenvalue weighted by Crippen LogP contribution is 2.10. The highest BCUT2D eigenvalue weighted by molar-refractivity contribution is 7.00. The summed E-state index contributed by atoms with van der Waals surface area (Å²) in [6, 6.07) is 8.39. The molecule has 0 aliphatic rings. The predicted molar refractivity (Wildman–Crippen MR) is 43.0 cm³/mol. The molecule has 58 valence electrons. The van der Waals surface area contributed by atoms with Crippen molar-refractivity contribution in [2.75, 3.05) is 0 Å². The van der Waals surface area contributed by atoms with Crippen LogP contribution in [0, 0.1) is 0 Å². The molecule has 0 atom stereocenters. The van der Waals surface area contributed by atoms with Crippen LogP contribution < -0.4 is 27.9 Å². The van der Waals surface area contributed by atoms with E-state index in [0.717, 1.165) is 0 Å². The highest BCUT2D eigenvalue weighted by atomic mass is 127. The summed E-state index contributed by atoms with van der Waals surface area (Å²) in [5.41, 5.74) is 1.31. The van der Waals surface area contributed by atoms with Crippen LogP contribution in [0.15, 0.2) is 29.6 Å². The summed E-state index contributed by atoms with van der Waals surface area (Å²) in [7, 11) is 2.08. The number of halogens is 1. The number of nitrogens with zero attached hydrogens (tertiary/aromatic N) is 1. The summed E-state index contributed by atoms with van der Waals surface area (Å²) in [5.74, 6) is 0. The van der Waals surface area contributed by atoms with Gasteiger partial charge in [-0.1, -0.05) is 12.1 Å². The van der Waals surface area contributed by atoms with Gasteiger partial charge in [-0.05, 0) is 6.07 Å². The normalized spacial score (nSPS) is 9.55. The van der Waals surface area contributed by atoms with Crippen molar-refractivity contribution in [2.45, 2.75) is 0 Å². The molecule has 0 radical (unpaired) electrons. The van der Waals surface area contributed by atoms with E-state index < -0.39 is 0 Å². The fraction of sp³-hybridized carbons (Fsp3) is 0.125. The second kappa shape index (κ2) is 3.49.